The van der Waals surface area contributed by atoms with E-state index in [9.17, 15) is 14.4 Å². The van der Waals surface area contributed by atoms with Crippen molar-refractivity contribution in [3.8, 4) is 17.9 Å². The van der Waals surface area contributed by atoms with Crippen molar-refractivity contribution in [2.24, 2.45) is 0 Å². The van der Waals surface area contributed by atoms with Gasteiger partial charge in [0.1, 0.15) is 29.8 Å². The van der Waals surface area contributed by atoms with Crippen LogP contribution in [-0.2, 0) is 11.4 Å². The Bertz CT molecular complexity index is 1220. The van der Waals surface area contributed by atoms with Crippen LogP contribution in [0.2, 0.25) is 0 Å². The number of benzene rings is 3. The monoisotopic (exact) mass is 475 g/mol. The Hall–Kier alpha value is -3.94. The molecule has 3 rings (SSSR count). The number of carbonyl (C=O) groups excluding carboxylic acids is 1. The van der Waals surface area contributed by atoms with Gasteiger partial charge in [-0.25, -0.2) is 4.39 Å². The van der Waals surface area contributed by atoms with Gasteiger partial charge in [-0.2, -0.15) is 10.5 Å². The minimum Gasteiger partial charge on any atom is -0.488 e. The van der Waals surface area contributed by atoms with E-state index in [1.165, 1.54) is 30.3 Å². The van der Waals surface area contributed by atoms with Crippen LogP contribution in [0.3, 0.4) is 0 Å². The molecule has 3 aromatic carbocycles. The zero-order valence-electron chi connectivity index (χ0n) is 16.1. The summed E-state index contributed by atoms with van der Waals surface area (Å²) in [5, 5.41) is 21.1. The van der Waals surface area contributed by atoms with E-state index in [2.05, 4.69) is 27.3 Å². The number of ether oxygens (including phenoxy) is 1. The Morgan fingerprint density at radius 1 is 1.10 bits per heavy atom. The van der Waals surface area contributed by atoms with Gasteiger partial charge in [0.2, 0.25) is 0 Å². The molecule has 5 nitrogen and oxygen atoms in total. The maximum atomic E-state index is 13.0. The molecule has 0 heterocycles. The molecule has 0 bridgehead atoms. The van der Waals surface area contributed by atoms with E-state index < -0.39 is 11.7 Å². The fourth-order valence-corrected chi connectivity index (χ4v) is 3.19. The van der Waals surface area contributed by atoms with Crippen LogP contribution in [0.5, 0.6) is 5.75 Å². The number of nitrogens with one attached hydrogen (secondary N) is 1. The van der Waals surface area contributed by atoms with E-state index in [0.29, 0.717) is 27.0 Å². The summed E-state index contributed by atoms with van der Waals surface area (Å²) in [5.41, 5.74) is 2.21. The molecule has 3 aromatic rings. The minimum absolute atomic E-state index is 0.104. The molecule has 0 spiro atoms. The van der Waals surface area contributed by atoms with Crippen molar-refractivity contribution in [1.29, 1.82) is 10.5 Å². The van der Waals surface area contributed by atoms with Gasteiger partial charge in [0, 0.05) is 11.3 Å². The van der Waals surface area contributed by atoms with Crippen molar-refractivity contribution in [2.75, 3.05) is 5.32 Å². The van der Waals surface area contributed by atoms with Crippen LogP contribution >= 0.6 is 15.9 Å². The van der Waals surface area contributed by atoms with E-state index in [1.54, 1.807) is 30.3 Å². The molecular weight excluding hydrogens is 461 g/mol. The minimum atomic E-state index is -0.598. The van der Waals surface area contributed by atoms with Crippen LogP contribution < -0.4 is 10.1 Å². The molecule has 0 saturated carbocycles. The molecule has 1 N–H and O–H groups in total. The third-order valence-electron chi connectivity index (χ3n) is 4.26. The molecule has 0 saturated heterocycles. The Morgan fingerprint density at radius 2 is 1.84 bits per heavy atom. The number of hydrogen-bond acceptors (Lipinski definition) is 4. The number of hydrogen-bond donors (Lipinski definition) is 1. The van der Waals surface area contributed by atoms with E-state index in [0.717, 1.165) is 5.56 Å². The first-order chi connectivity index (χ1) is 15.0. The third-order valence-corrected chi connectivity index (χ3v) is 4.87. The van der Waals surface area contributed by atoms with Crippen molar-refractivity contribution in [1.82, 2.24) is 0 Å². The largest absolute Gasteiger partial charge is 0.488 e. The van der Waals surface area contributed by atoms with Gasteiger partial charge in [0.05, 0.1) is 16.1 Å². The second kappa shape index (κ2) is 10.2. The second-order valence-corrected chi connectivity index (χ2v) is 7.23. The zero-order valence-corrected chi connectivity index (χ0v) is 17.7. The lowest BCUT2D eigenvalue weighted by Gasteiger charge is -2.10. The number of rotatable bonds is 6. The van der Waals surface area contributed by atoms with Crippen molar-refractivity contribution in [3.63, 3.8) is 0 Å². The molecule has 0 aliphatic carbocycles. The first kappa shape index (κ1) is 21.8. The molecule has 0 radical (unpaired) electrons. The highest BCUT2D eigenvalue weighted by molar-refractivity contribution is 9.10. The Balaban J connectivity index is 1.72. The number of nitrogens with zero attached hydrogens (tertiary/aromatic N) is 2. The highest BCUT2D eigenvalue weighted by Gasteiger charge is 2.11. The lowest BCUT2D eigenvalue weighted by Crippen LogP contribution is -2.13. The first-order valence-corrected chi connectivity index (χ1v) is 9.88. The Labute approximate surface area is 187 Å². The van der Waals surface area contributed by atoms with Gasteiger partial charge < -0.3 is 10.1 Å². The zero-order chi connectivity index (χ0) is 22.2. The summed E-state index contributed by atoms with van der Waals surface area (Å²) in [6.07, 6.45) is 1.44. The highest BCUT2D eigenvalue weighted by Crippen LogP contribution is 2.28. The van der Waals surface area contributed by atoms with Gasteiger partial charge in [-0.1, -0.05) is 24.3 Å². The summed E-state index contributed by atoms with van der Waals surface area (Å²) in [7, 11) is 0. The Morgan fingerprint density at radius 3 is 2.52 bits per heavy atom. The van der Waals surface area contributed by atoms with Gasteiger partial charge in [-0.3, -0.25) is 4.79 Å². The fraction of sp³-hybridized carbons (Fsp3) is 0.0417. The van der Waals surface area contributed by atoms with Crippen LogP contribution in [0, 0.1) is 28.5 Å². The average Bonchev–Trinajstić information content (AvgIpc) is 2.78. The molecule has 0 unspecified atom stereocenters. The lowest BCUT2D eigenvalue weighted by atomic mass is 10.1. The summed E-state index contributed by atoms with van der Waals surface area (Å²) >= 11 is 3.43. The number of carbonyl (C=O) groups is 1. The molecule has 0 fully saturated rings. The average molecular weight is 476 g/mol. The molecule has 0 atom stereocenters. The quantitative estimate of drug-likeness (QED) is 0.372. The molecule has 0 aliphatic heterocycles. The summed E-state index contributed by atoms with van der Waals surface area (Å²) in [4.78, 5) is 12.3. The molecular formula is C24H15BrFN3O2. The second-order valence-electron chi connectivity index (χ2n) is 6.38. The van der Waals surface area contributed by atoms with E-state index in [4.69, 9.17) is 10.00 Å². The van der Waals surface area contributed by atoms with Gasteiger partial charge in [0.15, 0.2) is 0 Å². The van der Waals surface area contributed by atoms with Gasteiger partial charge in [0.25, 0.3) is 5.91 Å². The molecule has 1 amide bonds. The predicted molar refractivity (Wildman–Crippen MR) is 118 cm³/mol. The predicted octanol–water partition coefficient (Wildman–Crippen LogP) is 5.58. The smallest absolute Gasteiger partial charge is 0.266 e. The van der Waals surface area contributed by atoms with Gasteiger partial charge >= 0.3 is 0 Å². The van der Waals surface area contributed by atoms with Gasteiger partial charge in [-0.15, -0.1) is 0 Å². The van der Waals surface area contributed by atoms with E-state index in [-0.39, 0.29) is 12.2 Å². The van der Waals surface area contributed by atoms with Crippen LogP contribution in [-0.4, -0.2) is 5.91 Å². The number of amides is 1. The number of nitriles is 2. The maximum absolute atomic E-state index is 13.0. The molecule has 0 aliphatic rings. The fourth-order valence-electron chi connectivity index (χ4n) is 2.68. The molecule has 31 heavy (non-hydrogen) atoms. The van der Waals surface area contributed by atoms with Crippen molar-refractivity contribution < 1.29 is 13.9 Å². The third kappa shape index (κ3) is 5.79. The SMILES string of the molecule is N#C/C(=C\c1ccc(OCc2ccccc2C#N)c(Br)c1)C(=O)Nc1ccc(F)cc1. The van der Waals surface area contributed by atoms with E-state index in [1.807, 2.05) is 18.2 Å². The summed E-state index contributed by atoms with van der Waals surface area (Å²) in [6, 6.07) is 21.6. The highest BCUT2D eigenvalue weighted by atomic mass is 79.9. The lowest BCUT2D eigenvalue weighted by molar-refractivity contribution is -0.112. The summed E-state index contributed by atoms with van der Waals surface area (Å²) in [6.45, 7) is 0.223. The normalized spacial score (nSPS) is 10.6. The molecule has 152 valence electrons. The van der Waals surface area contributed by atoms with Gasteiger partial charge in [-0.05, 0) is 70.0 Å². The standard InChI is InChI=1S/C24H15BrFN3O2/c25-22-12-16(5-10-23(22)31-15-18-4-2-1-3-17(18)13-27)11-19(14-28)24(30)29-21-8-6-20(26)7-9-21/h1-12H,15H2,(H,29,30)/b19-11+. The van der Waals surface area contributed by atoms with Crippen molar-refractivity contribution in [3.05, 3.63) is 99.3 Å². The number of anilines is 1. The van der Waals surface area contributed by atoms with Crippen LogP contribution in [0.4, 0.5) is 10.1 Å². The Kier molecular flexibility index (Phi) is 7.16. The summed E-state index contributed by atoms with van der Waals surface area (Å²) < 4.78 is 19.4. The molecule has 7 heteroatoms. The van der Waals surface area contributed by atoms with Crippen molar-refractivity contribution in [2.45, 2.75) is 6.61 Å². The topological polar surface area (TPSA) is 85.9 Å². The van der Waals surface area contributed by atoms with Crippen LogP contribution in [0.1, 0.15) is 16.7 Å². The van der Waals surface area contributed by atoms with Crippen molar-refractivity contribution >= 4 is 33.6 Å². The maximum Gasteiger partial charge on any atom is 0.266 e. The number of halogens is 2. The molecule has 0 aromatic heterocycles. The first-order valence-electron chi connectivity index (χ1n) is 9.09. The van der Waals surface area contributed by atoms with E-state index >= 15 is 0 Å². The van der Waals surface area contributed by atoms with Crippen LogP contribution in [0.25, 0.3) is 6.08 Å². The van der Waals surface area contributed by atoms with Crippen LogP contribution in [0.15, 0.2) is 76.8 Å². The summed E-state index contributed by atoms with van der Waals surface area (Å²) in [5.74, 6) is -0.463.